The van der Waals surface area contributed by atoms with Crippen molar-refractivity contribution in [3.05, 3.63) is 12.1 Å². The van der Waals surface area contributed by atoms with Crippen molar-refractivity contribution in [1.29, 1.82) is 0 Å². The van der Waals surface area contributed by atoms with Gasteiger partial charge in [-0.3, -0.25) is 0 Å². The molecule has 0 aromatic heterocycles. The zero-order valence-electron chi connectivity index (χ0n) is 8.85. The van der Waals surface area contributed by atoms with Crippen molar-refractivity contribution in [3.8, 4) is 17.2 Å². The van der Waals surface area contributed by atoms with Gasteiger partial charge in [-0.15, -0.1) is 0 Å². The van der Waals surface area contributed by atoms with Gasteiger partial charge in [0.2, 0.25) is 0 Å². The summed E-state index contributed by atoms with van der Waals surface area (Å²) in [6.07, 6.45) is 0. The maximum Gasteiger partial charge on any atom is 0.496 e. The monoisotopic (exact) mass is 212 g/mol. The normalized spacial score (nSPS) is 9.67. The molecule has 5 nitrogen and oxygen atoms in total. The summed E-state index contributed by atoms with van der Waals surface area (Å²) in [5, 5.41) is 18.3. The van der Waals surface area contributed by atoms with Crippen LogP contribution in [0.4, 0.5) is 0 Å². The molecule has 0 radical (unpaired) electrons. The third-order valence-electron chi connectivity index (χ3n) is 2.01. The van der Waals surface area contributed by atoms with Gasteiger partial charge in [0.15, 0.2) is 0 Å². The van der Waals surface area contributed by atoms with Crippen LogP contribution in [0.5, 0.6) is 17.2 Å². The quantitative estimate of drug-likeness (QED) is 0.651. The molecule has 2 N–H and O–H groups in total. The molecule has 15 heavy (non-hydrogen) atoms. The summed E-state index contributed by atoms with van der Waals surface area (Å²) in [7, 11) is 2.71. The predicted octanol–water partition coefficient (Wildman–Crippen LogP) is -0.608. The maximum atomic E-state index is 9.17. The summed E-state index contributed by atoms with van der Waals surface area (Å²) in [5.41, 5.74) is 0.181. The topological polar surface area (TPSA) is 68.2 Å². The summed E-state index contributed by atoms with van der Waals surface area (Å²) < 4.78 is 15.0. The fourth-order valence-electron chi connectivity index (χ4n) is 1.29. The highest BCUT2D eigenvalue weighted by molar-refractivity contribution is 6.61. The van der Waals surface area contributed by atoms with Gasteiger partial charge >= 0.3 is 7.12 Å². The highest BCUT2D eigenvalue weighted by atomic mass is 16.5. The highest BCUT2D eigenvalue weighted by Gasteiger charge is 2.23. The minimum atomic E-state index is -1.65. The lowest BCUT2D eigenvalue weighted by molar-refractivity contribution is 0.371. The summed E-state index contributed by atoms with van der Waals surface area (Å²) in [4.78, 5) is 0. The van der Waals surface area contributed by atoms with Crippen LogP contribution in [-0.2, 0) is 0 Å². The molecule has 0 aliphatic rings. The van der Waals surface area contributed by atoms with E-state index in [4.69, 9.17) is 24.3 Å². The Morgan fingerprint density at radius 3 is 1.67 bits per heavy atom. The fourth-order valence-corrected chi connectivity index (χ4v) is 1.29. The van der Waals surface area contributed by atoms with Gasteiger partial charge in [0.1, 0.15) is 17.2 Å². The van der Waals surface area contributed by atoms with Crippen LogP contribution in [0.15, 0.2) is 12.1 Å². The molecule has 1 aromatic rings. The van der Waals surface area contributed by atoms with E-state index in [0.717, 1.165) is 0 Å². The van der Waals surface area contributed by atoms with Crippen LogP contribution in [-0.4, -0.2) is 38.5 Å². The molecule has 0 unspecified atom stereocenters. The van der Waals surface area contributed by atoms with Gasteiger partial charge in [0.25, 0.3) is 0 Å². The van der Waals surface area contributed by atoms with Crippen LogP contribution in [0.3, 0.4) is 0 Å². The molecule has 0 atom stereocenters. The summed E-state index contributed by atoms with van der Waals surface area (Å²) >= 11 is 0. The van der Waals surface area contributed by atoms with Gasteiger partial charge in [0.05, 0.1) is 26.8 Å². The van der Waals surface area contributed by atoms with Gasteiger partial charge in [-0.05, 0) is 0 Å². The van der Waals surface area contributed by atoms with E-state index in [1.807, 2.05) is 0 Å². The first-order valence-electron chi connectivity index (χ1n) is 4.30. The van der Waals surface area contributed by atoms with Gasteiger partial charge in [-0.25, -0.2) is 0 Å². The number of ether oxygens (including phenoxy) is 3. The SMILES string of the molecule is COc1cc(OC)c(B(O)O)c(OC)c1. The van der Waals surface area contributed by atoms with E-state index >= 15 is 0 Å². The van der Waals surface area contributed by atoms with E-state index in [-0.39, 0.29) is 5.46 Å². The lowest BCUT2D eigenvalue weighted by atomic mass is 9.78. The van der Waals surface area contributed by atoms with Crippen LogP contribution in [0.2, 0.25) is 0 Å². The van der Waals surface area contributed by atoms with Crippen molar-refractivity contribution in [1.82, 2.24) is 0 Å². The first-order chi connectivity index (χ1) is 7.13. The van der Waals surface area contributed by atoms with E-state index in [1.54, 1.807) is 12.1 Å². The van der Waals surface area contributed by atoms with Gasteiger partial charge in [0, 0.05) is 12.1 Å². The molecule has 6 heteroatoms. The Balaban J connectivity index is 3.32. The van der Waals surface area contributed by atoms with Crippen molar-refractivity contribution in [2.75, 3.05) is 21.3 Å². The minimum Gasteiger partial charge on any atom is -0.497 e. The number of methoxy groups -OCH3 is 3. The van der Waals surface area contributed by atoms with E-state index in [0.29, 0.717) is 17.2 Å². The number of benzene rings is 1. The Hall–Kier alpha value is -1.40. The maximum absolute atomic E-state index is 9.17. The van der Waals surface area contributed by atoms with Crippen LogP contribution in [0, 0.1) is 0 Å². The second-order valence-corrected chi connectivity index (χ2v) is 2.82. The zero-order valence-corrected chi connectivity index (χ0v) is 8.85. The third-order valence-corrected chi connectivity index (χ3v) is 2.01. The average molecular weight is 212 g/mol. The van der Waals surface area contributed by atoms with Crippen molar-refractivity contribution < 1.29 is 24.3 Å². The highest BCUT2D eigenvalue weighted by Crippen LogP contribution is 2.25. The zero-order chi connectivity index (χ0) is 11.4. The molecule has 82 valence electrons. The molecule has 1 rings (SSSR count). The third kappa shape index (κ3) is 2.34. The summed E-state index contributed by atoms with van der Waals surface area (Å²) in [6.45, 7) is 0. The molecule has 0 fully saturated rings. The molecule has 0 aliphatic carbocycles. The Labute approximate surface area is 88.3 Å². The first-order valence-corrected chi connectivity index (χ1v) is 4.30. The first kappa shape index (κ1) is 11.7. The predicted molar refractivity (Wildman–Crippen MR) is 55.9 cm³/mol. The van der Waals surface area contributed by atoms with Crippen molar-refractivity contribution in [2.24, 2.45) is 0 Å². The lowest BCUT2D eigenvalue weighted by Crippen LogP contribution is -2.32. The molecular formula is C9H13BO5. The molecule has 0 spiro atoms. The van der Waals surface area contributed by atoms with E-state index in [9.17, 15) is 0 Å². The molecule has 0 saturated carbocycles. The number of hydrogen-bond donors (Lipinski definition) is 2. The summed E-state index contributed by atoms with van der Waals surface area (Å²) in [5.74, 6) is 1.13. The average Bonchev–Trinajstić information content (AvgIpc) is 2.26. The Morgan fingerprint density at radius 2 is 1.40 bits per heavy atom. The number of hydrogen-bond acceptors (Lipinski definition) is 5. The standard InChI is InChI=1S/C9H13BO5/c1-13-6-4-7(14-2)9(10(11)12)8(5-6)15-3/h4-5,11-12H,1-3H3. The largest absolute Gasteiger partial charge is 0.497 e. The van der Waals surface area contributed by atoms with Crippen LogP contribution >= 0.6 is 0 Å². The van der Waals surface area contributed by atoms with E-state index in [2.05, 4.69) is 0 Å². The van der Waals surface area contributed by atoms with Gasteiger partial charge in [-0.1, -0.05) is 0 Å². The molecule has 0 heterocycles. The van der Waals surface area contributed by atoms with Gasteiger partial charge in [-0.2, -0.15) is 0 Å². The number of rotatable bonds is 4. The molecule has 0 saturated heterocycles. The van der Waals surface area contributed by atoms with E-state index in [1.165, 1.54) is 21.3 Å². The summed E-state index contributed by atoms with van der Waals surface area (Å²) in [6, 6.07) is 3.11. The van der Waals surface area contributed by atoms with Crippen molar-refractivity contribution in [3.63, 3.8) is 0 Å². The van der Waals surface area contributed by atoms with Crippen molar-refractivity contribution in [2.45, 2.75) is 0 Å². The van der Waals surface area contributed by atoms with Crippen LogP contribution < -0.4 is 19.7 Å². The Kier molecular flexibility index (Phi) is 3.82. The van der Waals surface area contributed by atoms with Gasteiger partial charge < -0.3 is 24.3 Å². The smallest absolute Gasteiger partial charge is 0.496 e. The molecule has 0 amide bonds. The van der Waals surface area contributed by atoms with Crippen LogP contribution in [0.25, 0.3) is 0 Å². The second kappa shape index (κ2) is 4.90. The van der Waals surface area contributed by atoms with E-state index < -0.39 is 7.12 Å². The van der Waals surface area contributed by atoms with Crippen LogP contribution in [0.1, 0.15) is 0 Å². The molecule has 0 aliphatic heterocycles. The fraction of sp³-hybridized carbons (Fsp3) is 0.333. The molecular weight excluding hydrogens is 199 g/mol. The minimum absolute atomic E-state index is 0.181. The second-order valence-electron chi connectivity index (χ2n) is 2.82. The lowest BCUT2D eigenvalue weighted by Gasteiger charge is -2.14. The molecule has 0 bridgehead atoms. The Bertz CT molecular complexity index is 314. The Morgan fingerprint density at radius 1 is 0.933 bits per heavy atom. The van der Waals surface area contributed by atoms with Crippen molar-refractivity contribution >= 4 is 12.6 Å². The molecule has 1 aromatic carbocycles.